The largest absolute Gasteiger partial charge is 0.367 e. The van der Waals surface area contributed by atoms with E-state index in [0.717, 1.165) is 5.56 Å². The van der Waals surface area contributed by atoms with E-state index in [9.17, 15) is 8.42 Å². The zero-order valence-corrected chi connectivity index (χ0v) is 14.8. The van der Waals surface area contributed by atoms with Gasteiger partial charge in [0.1, 0.15) is 11.6 Å². The fourth-order valence-corrected chi connectivity index (χ4v) is 3.01. The highest BCUT2D eigenvalue weighted by molar-refractivity contribution is 7.89. The molecule has 0 unspecified atom stereocenters. The molecule has 4 N–H and O–H groups in total. The zero-order chi connectivity index (χ0) is 18.4. The van der Waals surface area contributed by atoms with Crippen LogP contribution in [0.25, 0.3) is 0 Å². The van der Waals surface area contributed by atoms with Crippen LogP contribution < -0.4 is 15.4 Å². The predicted molar refractivity (Wildman–Crippen MR) is 96.6 cm³/mol. The van der Waals surface area contributed by atoms with Gasteiger partial charge in [-0.05, 0) is 36.8 Å². The Morgan fingerprint density at radius 1 is 1.08 bits per heavy atom. The van der Waals surface area contributed by atoms with Gasteiger partial charge in [0, 0.05) is 19.3 Å². The number of pyridine rings is 1. The number of anilines is 3. The van der Waals surface area contributed by atoms with Crippen molar-refractivity contribution in [3.05, 3.63) is 48.5 Å². The fraction of sp³-hybridized carbons (Fsp3) is 0.200. The first-order valence-electron chi connectivity index (χ1n) is 7.78. The molecule has 0 spiro atoms. The molecule has 0 fully saturated rings. The van der Waals surface area contributed by atoms with Gasteiger partial charge in [-0.2, -0.15) is 0 Å². The smallest absolute Gasteiger partial charge is 0.257 e. The molecule has 3 rings (SSSR count). The molecular formula is C15H18N8O2S. The molecule has 3 aromatic rings. The minimum atomic E-state index is -3.58. The molecule has 0 saturated heterocycles. The van der Waals surface area contributed by atoms with Crippen LogP contribution >= 0.6 is 0 Å². The lowest BCUT2D eigenvalue weighted by Crippen LogP contribution is -2.29. The summed E-state index contributed by atoms with van der Waals surface area (Å²) in [4.78, 5) is 10.4. The molecule has 0 amide bonds. The van der Waals surface area contributed by atoms with E-state index in [1.807, 2.05) is 19.1 Å². The molecule has 136 valence electrons. The summed E-state index contributed by atoms with van der Waals surface area (Å²) in [5, 5.41) is 14.2. The van der Waals surface area contributed by atoms with Crippen molar-refractivity contribution in [1.29, 1.82) is 0 Å². The number of aryl methyl sites for hydroxylation is 1. The average molecular weight is 374 g/mol. The van der Waals surface area contributed by atoms with Crippen LogP contribution in [0, 0.1) is 6.92 Å². The molecule has 0 atom stereocenters. The minimum absolute atomic E-state index is 0.0254. The number of H-pyrrole nitrogens is 1. The fourth-order valence-electron chi connectivity index (χ4n) is 2.07. The monoisotopic (exact) mass is 374 g/mol. The number of hydrogen-bond acceptors (Lipinski definition) is 8. The lowest BCUT2D eigenvalue weighted by Gasteiger charge is -2.08. The molecule has 0 aliphatic heterocycles. The Morgan fingerprint density at radius 3 is 2.58 bits per heavy atom. The van der Waals surface area contributed by atoms with Crippen molar-refractivity contribution in [3.63, 3.8) is 0 Å². The third kappa shape index (κ3) is 4.74. The topological polar surface area (TPSA) is 138 Å². The van der Waals surface area contributed by atoms with Gasteiger partial charge in [0.05, 0.1) is 12.5 Å². The van der Waals surface area contributed by atoms with Crippen LogP contribution in [0.2, 0.25) is 0 Å². The molecule has 0 aromatic carbocycles. The summed E-state index contributed by atoms with van der Waals surface area (Å²) in [5.74, 6) is 1.79. The van der Waals surface area contributed by atoms with Gasteiger partial charge in [0.25, 0.3) is 10.0 Å². The predicted octanol–water partition coefficient (Wildman–Crippen LogP) is 1.04. The van der Waals surface area contributed by atoms with Crippen LogP contribution in [0.5, 0.6) is 0 Å². The average Bonchev–Trinajstić information content (AvgIpc) is 3.16. The third-order valence-corrected chi connectivity index (χ3v) is 4.71. The van der Waals surface area contributed by atoms with Gasteiger partial charge in [-0.1, -0.05) is 0 Å². The summed E-state index contributed by atoms with van der Waals surface area (Å²) in [5.41, 5.74) is 1.09. The third-order valence-electron chi connectivity index (χ3n) is 3.32. The molecule has 0 bridgehead atoms. The highest BCUT2D eigenvalue weighted by Gasteiger charge is 2.14. The van der Waals surface area contributed by atoms with Crippen LogP contribution in [0.3, 0.4) is 0 Å². The van der Waals surface area contributed by atoms with Crippen molar-refractivity contribution in [2.24, 2.45) is 0 Å². The second-order valence-corrected chi connectivity index (χ2v) is 7.12. The number of hydrogen-bond donors (Lipinski definition) is 4. The Balaban J connectivity index is 1.47. The minimum Gasteiger partial charge on any atom is -0.367 e. The van der Waals surface area contributed by atoms with Crippen molar-refractivity contribution in [2.75, 3.05) is 23.7 Å². The van der Waals surface area contributed by atoms with Crippen molar-refractivity contribution in [2.45, 2.75) is 11.9 Å². The number of rotatable bonds is 8. The number of nitrogens with one attached hydrogen (secondary N) is 4. The Hall–Kier alpha value is -3.05. The first-order chi connectivity index (χ1) is 12.5. The molecule has 26 heavy (non-hydrogen) atoms. The lowest BCUT2D eigenvalue weighted by molar-refractivity contribution is 0.579. The second kappa shape index (κ2) is 7.89. The van der Waals surface area contributed by atoms with E-state index in [-0.39, 0.29) is 11.6 Å². The van der Waals surface area contributed by atoms with Gasteiger partial charge < -0.3 is 15.6 Å². The van der Waals surface area contributed by atoms with E-state index in [0.29, 0.717) is 24.0 Å². The number of nitrogens with zero attached hydrogens (tertiary/aromatic N) is 4. The molecule has 0 aliphatic carbocycles. The van der Waals surface area contributed by atoms with Crippen molar-refractivity contribution in [3.8, 4) is 0 Å². The normalized spacial score (nSPS) is 11.3. The van der Waals surface area contributed by atoms with Crippen molar-refractivity contribution >= 4 is 27.5 Å². The van der Waals surface area contributed by atoms with Gasteiger partial charge in [-0.15, -0.1) is 10.2 Å². The van der Waals surface area contributed by atoms with E-state index in [1.54, 1.807) is 18.3 Å². The Labute approximate surface area is 150 Å². The van der Waals surface area contributed by atoms with Crippen LogP contribution in [-0.2, 0) is 10.0 Å². The molecule has 3 aromatic heterocycles. The molecular weight excluding hydrogens is 356 g/mol. The lowest BCUT2D eigenvalue weighted by atomic mass is 10.3. The quantitative estimate of drug-likeness (QED) is 0.429. The van der Waals surface area contributed by atoms with Gasteiger partial charge in [-0.25, -0.2) is 23.1 Å². The maximum absolute atomic E-state index is 11.9. The highest BCUT2D eigenvalue weighted by atomic mass is 32.2. The number of imidazole rings is 1. The van der Waals surface area contributed by atoms with Crippen molar-refractivity contribution in [1.82, 2.24) is 29.9 Å². The zero-order valence-electron chi connectivity index (χ0n) is 14.0. The Morgan fingerprint density at radius 2 is 1.88 bits per heavy atom. The number of aromatic nitrogens is 5. The van der Waals surface area contributed by atoms with Gasteiger partial charge >= 0.3 is 0 Å². The summed E-state index contributed by atoms with van der Waals surface area (Å²) in [6.07, 6.45) is 4.27. The Kier molecular flexibility index (Phi) is 5.39. The maximum atomic E-state index is 11.9. The van der Waals surface area contributed by atoms with E-state index >= 15 is 0 Å². The highest BCUT2D eigenvalue weighted by Crippen LogP contribution is 2.13. The SMILES string of the molecule is Cc1ccnc(Nc2ccc(NCCNS(=O)(=O)c3cnc[nH]3)nn2)c1. The van der Waals surface area contributed by atoms with Gasteiger partial charge in [0.2, 0.25) is 0 Å². The summed E-state index contributed by atoms with van der Waals surface area (Å²) in [6.45, 7) is 2.52. The number of sulfonamides is 1. The van der Waals surface area contributed by atoms with Crippen LogP contribution in [-0.4, -0.2) is 46.7 Å². The van der Waals surface area contributed by atoms with E-state index in [2.05, 4.69) is 40.5 Å². The summed E-state index contributed by atoms with van der Waals surface area (Å²) in [6, 6.07) is 7.31. The second-order valence-electron chi connectivity index (χ2n) is 5.39. The summed E-state index contributed by atoms with van der Waals surface area (Å²) in [7, 11) is -3.58. The van der Waals surface area contributed by atoms with Crippen LogP contribution in [0.15, 0.2) is 48.0 Å². The van der Waals surface area contributed by atoms with Gasteiger partial charge in [0.15, 0.2) is 10.8 Å². The summed E-state index contributed by atoms with van der Waals surface area (Å²) < 4.78 is 26.2. The molecule has 10 nitrogen and oxygen atoms in total. The van der Waals surface area contributed by atoms with Crippen LogP contribution in [0.4, 0.5) is 17.5 Å². The van der Waals surface area contributed by atoms with Crippen molar-refractivity contribution < 1.29 is 8.42 Å². The molecule has 0 saturated carbocycles. The summed E-state index contributed by atoms with van der Waals surface area (Å²) >= 11 is 0. The van der Waals surface area contributed by atoms with Gasteiger partial charge in [-0.3, -0.25) is 0 Å². The molecule has 11 heteroatoms. The van der Waals surface area contributed by atoms with E-state index in [1.165, 1.54) is 12.5 Å². The molecule has 0 aliphatic rings. The van der Waals surface area contributed by atoms with E-state index in [4.69, 9.17) is 0 Å². The Bertz CT molecular complexity index is 942. The van der Waals surface area contributed by atoms with Crippen LogP contribution in [0.1, 0.15) is 5.56 Å². The first kappa shape index (κ1) is 17.8. The number of aromatic amines is 1. The first-order valence-corrected chi connectivity index (χ1v) is 9.26. The van der Waals surface area contributed by atoms with E-state index < -0.39 is 10.0 Å². The maximum Gasteiger partial charge on any atom is 0.257 e. The molecule has 0 radical (unpaired) electrons. The molecule has 3 heterocycles. The standard InChI is InChI=1S/C15H18N8O2S/c1-11-4-5-17-14(8-11)21-13-3-2-12(22-23-13)18-6-7-20-26(24,25)15-9-16-10-19-15/h2-5,8-10,20H,6-7H2,1H3,(H,16,19)(H,18,22)(H,17,21,23).